The van der Waals surface area contributed by atoms with Crippen molar-refractivity contribution in [1.29, 1.82) is 0 Å². The number of para-hydroxylation sites is 1. The van der Waals surface area contributed by atoms with E-state index in [0.717, 1.165) is 49.8 Å². The van der Waals surface area contributed by atoms with Gasteiger partial charge in [-0.25, -0.2) is 0 Å². The van der Waals surface area contributed by atoms with E-state index in [-0.39, 0.29) is 0 Å². The van der Waals surface area contributed by atoms with E-state index in [4.69, 9.17) is 9.47 Å². The van der Waals surface area contributed by atoms with Crippen LogP contribution in [0, 0.1) is 0 Å². The van der Waals surface area contributed by atoms with Crippen LogP contribution in [0.15, 0.2) is 42.5 Å². The molecule has 2 aromatic rings. The molecule has 25 heavy (non-hydrogen) atoms. The molecule has 4 heteroatoms. The Morgan fingerprint density at radius 3 is 2.36 bits per heavy atom. The fraction of sp³-hybridized carbons (Fsp3) is 0.429. The number of hydrogen-bond acceptors (Lipinski definition) is 4. The molecule has 3 rings (SSSR count). The maximum absolute atomic E-state index is 5.76. The minimum Gasteiger partial charge on any atom is -0.486 e. The zero-order valence-electron chi connectivity index (χ0n) is 15.3. The van der Waals surface area contributed by atoms with Crippen LogP contribution in [-0.2, 0) is 19.6 Å². The Kier molecular flexibility index (Phi) is 6.31. The minimum atomic E-state index is 0.623. The van der Waals surface area contributed by atoms with Gasteiger partial charge >= 0.3 is 0 Å². The first-order valence-corrected chi connectivity index (χ1v) is 9.18. The second-order valence-corrected chi connectivity index (χ2v) is 6.32. The van der Waals surface area contributed by atoms with Crippen molar-refractivity contribution in [3.63, 3.8) is 0 Å². The Morgan fingerprint density at radius 2 is 1.60 bits per heavy atom. The fourth-order valence-corrected chi connectivity index (χ4v) is 3.08. The van der Waals surface area contributed by atoms with Crippen LogP contribution in [0.5, 0.6) is 11.5 Å². The predicted octanol–water partition coefficient (Wildman–Crippen LogP) is 3.59. The first kappa shape index (κ1) is 17.8. The smallest absolute Gasteiger partial charge is 0.165 e. The number of rotatable bonds is 8. The van der Waals surface area contributed by atoms with Crippen LogP contribution in [0.1, 0.15) is 30.5 Å². The average molecular weight is 340 g/mol. The molecule has 0 amide bonds. The van der Waals surface area contributed by atoms with Crippen molar-refractivity contribution >= 4 is 0 Å². The normalized spacial score (nSPS) is 13.2. The molecule has 2 aromatic carbocycles. The van der Waals surface area contributed by atoms with Crippen LogP contribution in [0.2, 0.25) is 0 Å². The van der Waals surface area contributed by atoms with Gasteiger partial charge in [0.2, 0.25) is 0 Å². The minimum absolute atomic E-state index is 0.623. The van der Waals surface area contributed by atoms with E-state index in [0.29, 0.717) is 13.2 Å². The largest absolute Gasteiger partial charge is 0.486 e. The van der Waals surface area contributed by atoms with Gasteiger partial charge in [0.15, 0.2) is 11.5 Å². The third-order valence-electron chi connectivity index (χ3n) is 4.62. The van der Waals surface area contributed by atoms with Crippen molar-refractivity contribution in [3.05, 3.63) is 59.2 Å². The SMILES string of the molecule is CCN(CC)Cc1ccc(CNCc2cccc3c2OCCO3)cc1. The maximum Gasteiger partial charge on any atom is 0.165 e. The zero-order chi connectivity index (χ0) is 17.5. The summed E-state index contributed by atoms with van der Waals surface area (Å²) in [4.78, 5) is 2.42. The van der Waals surface area contributed by atoms with E-state index in [1.165, 1.54) is 11.1 Å². The topological polar surface area (TPSA) is 33.7 Å². The highest BCUT2D eigenvalue weighted by Crippen LogP contribution is 2.33. The van der Waals surface area contributed by atoms with Gasteiger partial charge in [0.25, 0.3) is 0 Å². The van der Waals surface area contributed by atoms with Gasteiger partial charge in [-0.05, 0) is 30.3 Å². The molecule has 0 bridgehead atoms. The summed E-state index contributed by atoms with van der Waals surface area (Å²) in [5, 5.41) is 3.50. The summed E-state index contributed by atoms with van der Waals surface area (Å²) >= 11 is 0. The fourth-order valence-electron chi connectivity index (χ4n) is 3.08. The number of ether oxygens (including phenoxy) is 2. The molecular weight excluding hydrogens is 312 g/mol. The highest BCUT2D eigenvalue weighted by atomic mass is 16.6. The lowest BCUT2D eigenvalue weighted by molar-refractivity contribution is 0.169. The number of nitrogens with one attached hydrogen (secondary N) is 1. The standard InChI is InChI=1S/C21H28N2O2/c1-3-23(4-2)16-18-10-8-17(9-11-18)14-22-15-19-6-5-7-20-21(19)25-13-12-24-20/h5-11,22H,3-4,12-16H2,1-2H3. The third-order valence-corrected chi connectivity index (χ3v) is 4.62. The summed E-state index contributed by atoms with van der Waals surface area (Å²) in [6.45, 7) is 10.5. The highest BCUT2D eigenvalue weighted by molar-refractivity contribution is 5.47. The van der Waals surface area contributed by atoms with Crippen LogP contribution in [0.4, 0.5) is 0 Å². The van der Waals surface area contributed by atoms with Crippen LogP contribution < -0.4 is 14.8 Å². The molecule has 0 spiro atoms. The van der Waals surface area contributed by atoms with E-state index in [1.807, 2.05) is 12.1 Å². The zero-order valence-corrected chi connectivity index (χ0v) is 15.3. The first-order valence-electron chi connectivity index (χ1n) is 9.18. The Hall–Kier alpha value is -2.04. The number of fused-ring (bicyclic) bond motifs is 1. The molecule has 0 unspecified atom stereocenters. The van der Waals surface area contributed by atoms with Crippen molar-refractivity contribution < 1.29 is 9.47 Å². The Morgan fingerprint density at radius 1 is 0.880 bits per heavy atom. The molecule has 0 saturated carbocycles. The monoisotopic (exact) mass is 340 g/mol. The average Bonchev–Trinajstić information content (AvgIpc) is 2.67. The first-order chi connectivity index (χ1) is 12.3. The lowest BCUT2D eigenvalue weighted by atomic mass is 10.1. The van der Waals surface area contributed by atoms with Crippen molar-refractivity contribution in [2.45, 2.75) is 33.5 Å². The quantitative estimate of drug-likeness (QED) is 0.796. The summed E-state index contributed by atoms with van der Waals surface area (Å²) in [5.41, 5.74) is 3.82. The molecule has 0 aliphatic carbocycles. The van der Waals surface area contributed by atoms with Crippen LogP contribution in [0.25, 0.3) is 0 Å². The van der Waals surface area contributed by atoms with Crippen LogP contribution in [-0.4, -0.2) is 31.2 Å². The molecular formula is C21H28N2O2. The van der Waals surface area contributed by atoms with Crippen LogP contribution in [0.3, 0.4) is 0 Å². The van der Waals surface area contributed by atoms with E-state index < -0.39 is 0 Å². The molecule has 0 fully saturated rings. The van der Waals surface area contributed by atoms with Gasteiger partial charge in [-0.15, -0.1) is 0 Å². The van der Waals surface area contributed by atoms with Gasteiger partial charge in [-0.1, -0.05) is 50.2 Å². The van der Waals surface area contributed by atoms with Crippen molar-refractivity contribution in [2.75, 3.05) is 26.3 Å². The van der Waals surface area contributed by atoms with E-state index >= 15 is 0 Å². The van der Waals surface area contributed by atoms with Gasteiger partial charge in [0.1, 0.15) is 13.2 Å². The predicted molar refractivity (Wildman–Crippen MR) is 101 cm³/mol. The van der Waals surface area contributed by atoms with Gasteiger partial charge in [0, 0.05) is 25.2 Å². The summed E-state index contributed by atoms with van der Waals surface area (Å²) < 4.78 is 11.4. The summed E-state index contributed by atoms with van der Waals surface area (Å²) in [5.74, 6) is 1.74. The van der Waals surface area contributed by atoms with Gasteiger partial charge < -0.3 is 14.8 Å². The van der Waals surface area contributed by atoms with E-state index in [1.54, 1.807) is 0 Å². The molecule has 1 aliphatic rings. The molecule has 1 heterocycles. The summed E-state index contributed by atoms with van der Waals surface area (Å²) in [6.07, 6.45) is 0. The maximum atomic E-state index is 5.76. The van der Waals surface area contributed by atoms with Crippen molar-refractivity contribution in [2.24, 2.45) is 0 Å². The molecule has 4 nitrogen and oxygen atoms in total. The van der Waals surface area contributed by atoms with Gasteiger partial charge in [0.05, 0.1) is 0 Å². The second kappa shape index (κ2) is 8.88. The Bertz CT molecular complexity index is 666. The van der Waals surface area contributed by atoms with E-state index in [2.05, 4.69) is 54.4 Å². The van der Waals surface area contributed by atoms with Gasteiger partial charge in [-0.2, -0.15) is 0 Å². The molecule has 134 valence electrons. The molecule has 0 atom stereocenters. The van der Waals surface area contributed by atoms with Crippen molar-refractivity contribution in [1.82, 2.24) is 10.2 Å². The van der Waals surface area contributed by atoms with E-state index in [9.17, 15) is 0 Å². The molecule has 0 aromatic heterocycles. The highest BCUT2D eigenvalue weighted by Gasteiger charge is 2.14. The molecule has 1 aliphatic heterocycles. The lowest BCUT2D eigenvalue weighted by Gasteiger charge is -2.21. The molecule has 0 radical (unpaired) electrons. The summed E-state index contributed by atoms with van der Waals surface area (Å²) in [6, 6.07) is 15.0. The number of hydrogen-bond donors (Lipinski definition) is 1. The Labute approximate surface area is 150 Å². The van der Waals surface area contributed by atoms with Crippen molar-refractivity contribution in [3.8, 4) is 11.5 Å². The number of benzene rings is 2. The Balaban J connectivity index is 1.52. The third kappa shape index (κ3) is 4.74. The number of nitrogens with zero attached hydrogens (tertiary/aromatic N) is 1. The lowest BCUT2D eigenvalue weighted by Crippen LogP contribution is -2.22. The van der Waals surface area contributed by atoms with Crippen LogP contribution >= 0.6 is 0 Å². The molecule has 1 N–H and O–H groups in total. The summed E-state index contributed by atoms with van der Waals surface area (Å²) in [7, 11) is 0. The second-order valence-electron chi connectivity index (χ2n) is 6.32. The molecule has 0 saturated heterocycles. The van der Waals surface area contributed by atoms with Gasteiger partial charge in [-0.3, -0.25) is 4.90 Å².